The number of hydrogen-bond acceptors (Lipinski definition) is 0. The van der Waals surface area contributed by atoms with Crippen LogP contribution in [0.15, 0.2) is 12.7 Å². The molecule has 0 nitrogen and oxygen atoms in total. The molecular weight excluding hydrogens is 136 g/mol. The zero-order valence-electron chi connectivity index (χ0n) is 7.78. The maximum absolute atomic E-state index is 3.84. The van der Waals surface area contributed by atoms with Gasteiger partial charge in [0.05, 0.1) is 0 Å². The second-order valence-corrected chi connectivity index (χ2v) is 9.70. The first-order valence-electron chi connectivity index (χ1n) is 4.12. The topological polar surface area (TPSA) is 0 Å². The third-order valence-corrected chi connectivity index (χ3v) is 3.48. The Morgan fingerprint density at radius 1 is 1.40 bits per heavy atom. The average molecular weight is 156 g/mol. The van der Waals surface area contributed by atoms with Crippen LogP contribution in [0.1, 0.15) is 13.3 Å². The van der Waals surface area contributed by atoms with Gasteiger partial charge in [0.1, 0.15) is 0 Å². The Bertz CT molecular complexity index is 99.8. The van der Waals surface area contributed by atoms with Gasteiger partial charge in [0.15, 0.2) is 0 Å². The third kappa shape index (κ3) is 4.80. The maximum Gasteiger partial charge on any atom is 0.0448 e. The highest BCUT2D eigenvalue weighted by molar-refractivity contribution is 6.76. The second-order valence-electron chi connectivity index (χ2n) is 4.17. The molecule has 1 unspecified atom stereocenters. The summed E-state index contributed by atoms with van der Waals surface area (Å²) in [7, 11) is -0.833. The monoisotopic (exact) mass is 156 g/mol. The van der Waals surface area contributed by atoms with Crippen molar-refractivity contribution in [1.29, 1.82) is 0 Å². The predicted molar refractivity (Wildman–Crippen MR) is 52.1 cm³/mol. The number of allylic oxidation sites excluding steroid dienone is 1. The molecule has 0 amide bonds. The van der Waals surface area contributed by atoms with Crippen LogP contribution in [0.4, 0.5) is 0 Å². The molecule has 0 N–H and O–H groups in total. The minimum absolute atomic E-state index is 0.770. The van der Waals surface area contributed by atoms with Crippen LogP contribution < -0.4 is 0 Å². The van der Waals surface area contributed by atoms with Gasteiger partial charge in [-0.05, 0) is 5.92 Å². The zero-order chi connectivity index (χ0) is 8.20. The minimum atomic E-state index is -0.833. The molecule has 0 aliphatic heterocycles. The lowest BCUT2D eigenvalue weighted by atomic mass is 10.1. The van der Waals surface area contributed by atoms with E-state index in [-0.39, 0.29) is 0 Å². The Labute approximate surface area is 66.4 Å². The normalized spacial score (nSPS) is 14.8. The van der Waals surface area contributed by atoms with E-state index in [9.17, 15) is 0 Å². The third-order valence-electron chi connectivity index (χ3n) is 1.73. The molecule has 1 heteroatoms. The second kappa shape index (κ2) is 3.97. The highest BCUT2D eigenvalue weighted by Crippen LogP contribution is 2.19. The van der Waals surface area contributed by atoms with Crippen LogP contribution in [-0.4, -0.2) is 8.07 Å². The van der Waals surface area contributed by atoms with Crippen LogP contribution in [-0.2, 0) is 0 Å². The SMILES string of the molecule is C=CC(CC)C[Si](C)(C)C. The van der Waals surface area contributed by atoms with Crippen LogP contribution in [0, 0.1) is 5.92 Å². The zero-order valence-corrected chi connectivity index (χ0v) is 8.78. The van der Waals surface area contributed by atoms with E-state index < -0.39 is 8.07 Å². The molecule has 0 rings (SSSR count). The van der Waals surface area contributed by atoms with Gasteiger partial charge in [-0.3, -0.25) is 0 Å². The van der Waals surface area contributed by atoms with Crippen LogP contribution in [0.5, 0.6) is 0 Å². The van der Waals surface area contributed by atoms with E-state index in [4.69, 9.17) is 0 Å². The van der Waals surface area contributed by atoms with E-state index in [1.54, 1.807) is 0 Å². The largest absolute Gasteiger partial charge is 0.103 e. The highest BCUT2D eigenvalue weighted by atomic mass is 28.3. The van der Waals surface area contributed by atoms with Gasteiger partial charge in [-0.25, -0.2) is 0 Å². The van der Waals surface area contributed by atoms with E-state index in [0.29, 0.717) is 0 Å². The predicted octanol–water partition coefficient (Wildman–Crippen LogP) is 3.54. The van der Waals surface area contributed by atoms with Crippen LogP contribution in [0.25, 0.3) is 0 Å². The molecule has 0 saturated carbocycles. The molecule has 0 aromatic carbocycles. The van der Waals surface area contributed by atoms with Gasteiger partial charge in [0, 0.05) is 8.07 Å². The summed E-state index contributed by atoms with van der Waals surface area (Å²) >= 11 is 0. The summed E-state index contributed by atoms with van der Waals surface area (Å²) in [6.45, 7) is 13.3. The first-order chi connectivity index (χ1) is 4.49. The first kappa shape index (κ1) is 9.96. The van der Waals surface area contributed by atoms with E-state index in [0.717, 1.165) is 5.92 Å². The molecule has 0 aliphatic rings. The first-order valence-corrected chi connectivity index (χ1v) is 7.83. The summed E-state index contributed by atoms with van der Waals surface area (Å²) in [4.78, 5) is 0. The molecule has 0 aromatic rings. The van der Waals surface area contributed by atoms with Gasteiger partial charge in [-0.2, -0.15) is 0 Å². The molecular formula is C9H20Si. The summed E-state index contributed by atoms with van der Waals surface area (Å²) < 4.78 is 0. The molecule has 0 aliphatic carbocycles. The van der Waals surface area contributed by atoms with Crippen molar-refractivity contribution in [3.8, 4) is 0 Å². The molecule has 0 heterocycles. The molecule has 0 aromatic heterocycles. The summed E-state index contributed by atoms with van der Waals surface area (Å²) in [5, 5.41) is 0. The smallest absolute Gasteiger partial charge is 0.0448 e. The lowest BCUT2D eigenvalue weighted by molar-refractivity contribution is 0.687. The standard InChI is InChI=1S/C9H20Si/c1-6-9(7-2)8-10(3,4)5/h6,9H,1,7-8H2,2-5H3. The van der Waals surface area contributed by atoms with Crippen molar-refractivity contribution in [2.45, 2.75) is 39.0 Å². The van der Waals surface area contributed by atoms with Crippen molar-refractivity contribution in [3.63, 3.8) is 0 Å². The Morgan fingerprint density at radius 2 is 1.90 bits per heavy atom. The summed E-state index contributed by atoms with van der Waals surface area (Å²) in [6, 6.07) is 1.40. The lowest BCUT2D eigenvalue weighted by Gasteiger charge is -2.20. The van der Waals surface area contributed by atoms with E-state index in [1.807, 2.05) is 0 Å². The quantitative estimate of drug-likeness (QED) is 0.431. The fourth-order valence-corrected chi connectivity index (χ4v) is 3.21. The fourth-order valence-electron chi connectivity index (χ4n) is 1.18. The summed E-state index contributed by atoms with van der Waals surface area (Å²) in [5.74, 6) is 0.770. The van der Waals surface area contributed by atoms with Gasteiger partial charge in [0.2, 0.25) is 0 Å². The Morgan fingerprint density at radius 3 is 2.00 bits per heavy atom. The van der Waals surface area contributed by atoms with E-state index in [2.05, 4.69) is 39.2 Å². The molecule has 0 bridgehead atoms. The van der Waals surface area contributed by atoms with Crippen molar-refractivity contribution >= 4 is 8.07 Å². The van der Waals surface area contributed by atoms with Gasteiger partial charge >= 0.3 is 0 Å². The van der Waals surface area contributed by atoms with Crippen molar-refractivity contribution in [2.24, 2.45) is 5.92 Å². The Hall–Kier alpha value is -0.0431. The Balaban J connectivity index is 3.74. The molecule has 0 radical (unpaired) electrons. The molecule has 0 spiro atoms. The van der Waals surface area contributed by atoms with Gasteiger partial charge in [-0.1, -0.05) is 45.1 Å². The molecule has 1 atom stereocenters. The minimum Gasteiger partial charge on any atom is -0.103 e. The molecule has 60 valence electrons. The number of hydrogen-bond donors (Lipinski definition) is 0. The van der Waals surface area contributed by atoms with Crippen LogP contribution >= 0.6 is 0 Å². The maximum atomic E-state index is 3.84. The van der Waals surface area contributed by atoms with Crippen LogP contribution in [0.2, 0.25) is 25.7 Å². The molecule has 10 heavy (non-hydrogen) atoms. The van der Waals surface area contributed by atoms with Gasteiger partial charge in [0.25, 0.3) is 0 Å². The molecule has 0 saturated heterocycles. The summed E-state index contributed by atoms with van der Waals surface area (Å²) in [6.07, 6.45) is 3.37. The van der Waals surface area contributed by atoms with Gasteiger partial charge < -0.3 is 0 Å². The lowest BCUT2D eigenvalue weighted by Crippen LogP contribution is -2.22. The van der Waals surface area contributed by atoms with Crippen LogP contribution in [0.3, 0.4) is 0 Å². The fraction of sp³-hybridized carbons (Fsp3) is 0.778. The molecule has 0 fully saturated rings. The van der Waals surface area contributed by atoms with Gasteiger partial charge in [-0.15, -0.1) is 6.58 Å². The average Bonchev–Trinajstić information content (AvgIpc) is 1.81. The van der Waals surface area contributed by atoms with Crippen molar-refractivity contribution in [2.75, 3.05) is 0 Å². The summed E-state index contributed by atoms with van der Waals surface area (Å²) in [5.41, 5.74) is 0. The van der Waals surface area contributed by atoms with Crippen molar-refractivity contribution in [1.82, 2.24) is 0 Å². The Kier molecular flexibility index (Phi) is 3.95. The van der Waals surface area contributed by atoms with Crippen molar-refractivity contribution in [3.05, 3.63) is 12.7 Å². The van der Waals surface area contributed by atoms with Crippen molar-refractivity contribution < 1.29 is 0 Å². The number of rotatable bonds is 4. The van der Waals surface area contributed by atoms with E-state index in [1.165, 1.54) is 12.5 Å². The highest BCUT2D eigenvalue weighted by Gasteiger charge is 2.16. The van der Waals surface area contributed by atoms with E-state index >= 15 is 0 Å².